The first-order valence-corrected chi connectivity index (χ1v) is 8.68. The number of hydrogen-bond acceptors (Lipinski definition) is 3. The Kier molecular flexibility index (Phi) is 4.14. The monoisotopic (exact) mass is 335 g/mol. The van der Waals surface area contributed by atoms with E-state index in [9.17, 15) is 4.79 Å². The van der Waals surface area contributed by atoms with E-state index in [1.807, 2.05) is 35.0 Å². The van der Waals surface area contributed by atoms with E-state index in [0.29, 0.717) is 12.3 Å². The third-order valence-corrected chi connectivity index (χ3v) is 4.92. The topological polar surface area (TPSA) is 60.1 Å². The molecule has 5 nitrogen and oxygen atoms in total. The minimum atomic E-state index is -0.282. The molecule has 5 heteroatoms. The molecule has 1 aliphatic rings. The van der Waals surface area contributed by atoms with Crippen LogP contribution in [0.25, 0.3) is 0 Å². The summed E-state index contributed by atoms with van der Waals surface area (Å²) in [7, 11) is 0. The van der Waals surface area contributed by atoms with Crippen LogP contribution in [-0.2, 0) is 12.1 Å². The molecule has 2 aromatic heterocycles. The van der Waals surface area contributed by atoms with Gasteiger partial charge in [0.05, 0.1) is 18.4 Å². The van der Waals surface area contributed by atoms with Crippen molar-refractivity contribution in [3.63, 3.8) is 0 Å². The summed E-state index contributed by atoms with van der Waals surface area (Å²) in [6, 6.07) is 13.8. The third-order valence-electron chi connectivity index (χ3n) is 4.92. The van der Waals surface area contributed by atoms with E-state index >= 15 is 0 Å². The number of aromatic nitrogens is 2. The normalized spacial score (nSPS) is 16.0. The quantitative estimate of drug-likeness (QED) is 0.773. The smallest absolute Gasteiger partial charge is 0.287 e. The van der Waals surface area contributed by atoms with Crippen molar-refractivity contribution in [1.82, 2.24) is 14.9 Å². The molecule has 0 spiro atoms. The van der Waals surface area contributed by atoms with E-state index in [1.165, 1.54) is 5.56 Å². The molecule has 128 valence electrons. The Morgan fingerprint density at radius 2 is 1.96 bits per heavy atom. The summed E-state index contributed by atoms with van der Waals surface area (Å²) in [5.74, 6) is 0.947. The summed E-state index contributed by atoms with van der Waals surface area (Å²) in [5, 5.41) is 3.25. The largest absolute Gasteiger partial charge is 0.454 e. The molecule has 1 aromatic carbocycles. The third kappa shape index (κ3) is 3.22. The molecule has 25 heavy (non-hydrogen) atoms. The van der Waals surface area contributed by atoms with Gasteiger partial charge in [0.2, 0.25) is 0 Å². The maximum absolute atomic E-state index is 12.8. The molecule has 0 radical (unpaired) electrons. The molecule has 2 heterocycles. The van der Waals surface area contributed by atoms with Crippen LogP contribution in [0.1, 0.15) is 47.6 Å². The van der Waals surface area contributed by atoms with Gasteiger partial charge in [-0.05, 0) is 30.5 Å². The highest BCUT2D eigenvalue weighted by molar-refractivity contribution is 5.92. The van der Waals surface area contributed by atoms with Crippen LogP contribution in [-0.4, -0.2) is 15.5 Å². The summed E-state index contributed by atoms with van der Waals surface area (Å²) in [5.41, 5.74) is 0.890. The summed E-state index contributed by atoms with van der Waals surface area (Å²) in [4.78, 5) is 16.8. The van der Waals surface area contributed by atoms with Gasteiger partial charge in [-0.1, -0.05) is 43.2 Å². The average Bonchev–Trinajstić information content (AvgIpc) is 3.38. The van der Waals surface area contributed by atoms with Crippen molar-refractivity contribution >= 4 is 5.91 Å². The molecule has 1 aliphatic carbocycles. The summed E-state index contributed by atoms with van der Waals surface area (Å²) in [6.45, 7) is 0.567. The van der Waals surface area contributed by atoms with Crippen molar-refractivity contribution in [2.75, 3.05) is 0 Å². The van der Waals surface area contributed by atoms with Crippen LogP contribution in [0.5, 0.6) is 0 Å². The van der Waals surface area contributed by atoms with Gasteiger partial charge in [-0.3, -0.25) is 4.79 Å². The van der Waals surface area contributed by atoms with Gasteiger partial charge in [-0.15, -0.1) is 0 Å². The van der Waals surface area contributed by atoms with Crippen molar-refractivity contribution in [2.24, 2.45) is 0 Å². The van der Waals surface area contributed by atoms with Crippen LogP contribution in [0.3, 0.4) is 0 Å². The van der Waals surface area contributed by atoms with Crippen LogP contribution in [0.4, 0.5) is 0 Å². The Labute approximate surface area is 146 Å². The zero-order valence-corrected chi connectivity index (χ0v) is 14.0. The van der Waals surface area contributed by atoms with Crippen molar-refractivity contribution in [1.29, 1.82) is 0 Å². The number of amides is 1. The number of rotatable bonds is 5. The Bertz CT molecular complexity index is 831. The highest BCUT2D eigenvalue weighted by Crippen LogP contribution is 2.38. The van der Waals surface area contributed by atoms with Gasteiger partial charge >= 0.3 is 0 Å². The number of nitrogens with zero attached hydrogens (tertiary/aromatic N) is 2. The first-order valence-electron chi connectivity index (χ1n) is 8.68. The van der Waals surface area contributed by atoms with Crippen molar-refractivity contribution < 1.29 is 9.21 Å². The molecule has 3 aromatic rings. The Morgan fingerprint density at radius 1 is 1.16 bits per heavy atom. The Hall–Kier alpha value is -2.82. The first kappa shape index (κ1) is 15.7. The minimum Gasteiger partial charge on any atom is -0.454 e. The van der Waals surface area contributed by atoms with Crippen LogP contribution in [0.2, 0.25) is 0 Å². The van der Waals surface area contributed by atoms with Crippen LogP contribution in [0, 0.1) is 0 Å². The van der Waals surface area contributed by atoms with Crippen molar-refractivity contribution in [2.45, 2.75) is 37.8 Å². The van der Waals surface area contributed by atoms with E-state index in [1.54, 1.807) is 18.6 Å². The lowest BCUT2D eigenvalue weighted by Crippen LogP contribution is -2.43. The van der Waals surface area contributed by atoms with Gasteiger partial charge in [0.15, 0.2) is 5.76 Å². The Morgan fingerprint density at radius 3 is 2.68 bits per heavy atom. The second-order valence-electron chi connectivity index (χ2n) is 6.61. The number of carbonyl (C=O) groups excluding carboxylic acids is 1. The SMILES string of the molecule is O=C(NC1(c2ccccc2)CCCC1)c1ccc(Cn2ccnc2)o1. The zero-order chi connectivity index (χ0) is 17.1. The van der Waals surface area contributed by atoms with Crippen LogP contribution >= 0.6 is 0 Å². The Balaban J connectivity index is 1.52. The molecule has 0 unspecified atom stereocenters. The molecule has 1 amide bonds. The van der Waals surface area contributed by atoms with Gasteiger partial charge in [0.1, 0.15) is 5.76 Å². The van der Waals surface area contributed by atoms with Crippen molar-refractivity contribution in [3.8, 4) is 0 Å². The fourth-order valence-corrected chi connectivity index (χ4v) is 3.65. The number of nitrogens with one attached hydrogen (secondary N) is 1. The molecular weight excluding hydrogens is 314 g/mol. The number of imidazole rings is 1. The minimum absolute atomic E-state index is 0.150. The van der Waals surface area contributed by atoms with E-state index in [2.05, 4.69) is 22.4 Å². The molecular formula is C20H21N3O2. The first-order chi connectivity index (χ1) is 12.3. The predicted octanol–water partition coefficient (Wildman–Crippen LogP) is 3.72. The van der Waals surface area contributed by atoms with Gasteiger partial charge in [-0.25, -0.2) is 4.98 Å². The fraction of sp³-hybridized carbons (Fsp3) is 0.300. The number of benzene rings is 1. The summed E-state index contributed by atoms with van der Waals surface area (Å²) >= 11 is 0. The van der Waals surface area contributed by atoms with Crippen LogP contribution in [0.15, 0.2) is 65.6 Å². The molecule has 0 saturated heterocycles. The summed E-state index contributed by atoms with van der Waals surface area (Å²) in [6.07, 6.45) is 9.49. The lowest BCUT2D eigenvalue weighted by Gasteiger charge is -2.30. The van der Waals surface area contributed by atoms with E-state index in [0.717, 1.165) is 31.4 Å². The molecule has 0 atom stereocenters. The number of hydrogen-bond donors (Lipinski definition) is 1. The van der Waals surface area contributed by atoms with Crippen molar-refractivity contribution in [3.05, 3.63) is 78.3 Å². The molecule has 1 saturated carbocycles. The maximum Gasteiger partial charge on any atom is 0.287 e. The van der Waals surface area contributed by atoms with Gasteiger partial charge in [-0.2, -0.15) is 0 Å². The maximum atomic E-state index is 12.8. The standard InChI is InChI=1S/C20H21N3O2/c24-19(18-9-8-17(25-18)14-23-13-12-21-15-23)22-20(10-4-5-11-20)16-6-2-1-3-7-16/h1-3,6-9,12-13,15H,4-5,10-11,14H2,(H,22,24). The highest BCUT2D eigenvalue weighted by Gasteiger charge is 2.37. The zero-order valence-electron chi connectivity index (χ0n) is 14.0. The lowest BCUT2D eigenvalue weighted by atomic mass is 9.88. The second-order valence-corrected chi connectivity index (χ2v) is 6.61. The van der Waals surface area contributed by atoms with Gasteiger partial charge < -0.3 is 14.3 Å². The van der Waals surface area contributed by atoms with E-state index in [-0.39, 0.29) is 11.4 Å². The molecule has 4 rings (SSSR count). The molecule has 0 aliphatic heterocycles. The number of carbonyl (C=O) groups is 1. The van der Waals surface area contributed by atoms with Crippen LogP contribution < -0.4 is 5.32 Å². The van der Waals surface area contributed by atoms with Gasteiger partial charge in [0.25, 0.3) is 5.91 Å². The van der Waals surface area contributed by atoms with E-state index < -0.39 is 0 Å². The molecule has 1 fully saturated rings. The van der Waals surface area contributed by atoms with E-state index in [4.69, 9.17) is 4.42 Å². The predicted molar refractivity (Wildman–Crippen MR) is 94.1 cm³/mol. The average molecular weight is 335 g/mol. The number of furan rings is 1. The summed E-state index contributed by atoms with van der Waals surface area (Å²) < 4.78 is 7.65. The fourth-order valence-electron chi connectivity index (χ4n) is 3.65. The van der Waals surface area contributed by atoms with Gasteiger partial charge in [0, 0.05) is 12.4 Å². The second kappa shape index (κ2) is 6.59. The molecule has 1 N–H and O–H groups in total. The lowest BCUT2D eigenvalue weighted by molar-refractivity contribution is 0.0867. The molecule has 0 bridgehead atoms. The highest BCUT2D eigenvalue weighted by atomic mass is 16.4.